The molecule has 1 fully saturated rings. The SMILES string of the molecule is CC(C)(C)c1cc(-c2ccccc2N(c2ccccc2-c2cccc3cccc(C4CCCCC4)c23)c2ccccc2-c2cccc3c2c2ccccc2n3-c2ccccc2)cc(C(C)(C)C)c1. The van der Waals surface area contributed by atoms with Crippen molar-refractivity contribution in [1.82, 2.24) is 4.57 Å². The van der Waals surface area contributed by atoms with Gasteiger partial charge in [-0.25, -0.2) is 0 Å². The molecule has 68 heavy (non-hydrogen) atoms. The molecule has 336 valence electrons. The number of para-hydroxylation sites is 5. The smallest absolute Gasteiger partial charge is 0.0547 e. The first-order valence-electron chi connectivity index (χ1n) is 24.9. The second-order valence-corrected chi connectivity index (χ2v) is 21.2. The molecular weight excluding hydrogens is 821 g/mol. The molecule has 10 aromatic rings. The minimum absolute atomic E-state index is 0.0359. The second kappa shape index (κ2) is 17.5. The van der Waals surface area contributed by atoms with Gasteiger partial charge in [0.25, 0.3) is 0 Å². The molecule has 0 unspecified atom stereocenters. The third kappa shape index (κ3) is 7.80. The fourth-order valence-corrected chi connectivity index (χ4v) is 11.2. The van der Waals surface area contributed by atoms with Crippen LogP contribution in [0.2, 0.25) is 0 Å². The predicted octanol–water partition coefficient (Wildman–Crippen LogP) is 19.1. The summed E-state index contributed by atoms with van der Waals surface area (Å²) in [5, 5.41) is 5.19. The number of rotatable bonds is 8. The summed E-state index contributed by atoms with van der Waals surface area (Å²) in [4.78, 5) is 2.60. The molecule has 9 aromatic carbocycles. The van der Waals surface area contributed by atoms with Gasteiger partial charge in [0.15, 0.2) is 0 Å². The third-order valence-electron chi connectivity index (χ3n) is 14.7. The first-order valence-corrected chi connectivity index (χ1v) is 24.9. The van der Waals surface area contributed by atoms with Crippen molar-refractivity contribution in [2.45, 2.75) is 90.4 Å². The number of aromatic nitrogens is 1. The Hall–Kier alpha value is -7.16. The van der Waals surface area contributed by atoms with Crippen molar-refractivity contribution >= 4 is 49.6 Å². The van der Waals surface area contributed by atoms with Gasteiger partial charge in [-0.1, -0.05) is 219 Å². The van der Waals surface area contributed by atoms with E-state index in [4.69, 9.17) is 0 Å². The maximum absolute atomic E-state index is 2.60. The molecule has 0 N–H and O–H groups in total. The van der Waals surface area contributed by atoms with Crippen molar-refractivity contribution in [1.29, 1.82) is 0 Å². The summed E-state index contributed by atoms with van der Waals surface area (Å²) in [7, 11) is 0. The quantitative estimate of drug-likeness (QED) is 0.148. The number of hydrogen-bond donors (Lipinski definition) is 0. The van der Waals surface area contributed by atoms with E-state index in [2.05, 4.69) is 251 Å². The van der Waals surface area contributed by atoms with Gasteiger partial charge in [0.2, 0.25) is 0 Å². The molecule has 0 atom stereocenters. The van der Waals surface area contributed by atoms with Crippen LogP contribution in [-0.2, 0) is 10.8 Å². The first-order chi connectivity index (χ1) is 33.0. The van der Waals surface area contributed by atoms with Crippen LogP contribution >= 0.6 is 0 Å². The van der Waals surface area contributed by atoms with Crippen molar-refractivity contribution in [3.05, 3.63) is 217 Å². The minimum Gasteiger partial charge on any atom is -0.309 e. The molecule has 2 heteroatoms. The van der Waals surface area contributed by atoms with Crippen LogP contribution in [-0.4, -0.2) is 4.57 Å². The molecule has 11 rings (SSSR count). The van der Waals surface area contributed by atoms with Gasteiger partial charge in [0.1, 0.15) is 0 Å². The van der Waals surface area contributed by atoms with Crippen molar-refractivity contribution in [2.24, 2.45) is 0 Å². The Balaban J connectivity index is 1.22. The van der Waals surface area contributed by atoms with E-state index in [0.29, 0.717) is 5.92 Å². The lowest BCUT2D eigenvalue weighted by Crippen LogP contribution is -2.17. The summed E-state index contributed by atoms with van der Waals surface area (Å²) in [5.74, 6) is 0.559. The zero-order valence-electron chi connectivity index (χ0n) is 40.6. The van der Waals surface area contributed by atoms with Crippen molar-refractivity contribution in [3.63, 3.8) is 0 Å². The van der Waals surface area contributed by atoms with Crippen LogP contribution < -0.4 is 4.90 Å². The third-order valence-corrected chi connectivity index (χ3v) is 14.7. The van der Waals surface area contributed by atoms with Crippen LogP contribution in [0.15, 0.2) is 200 Å². The molecule has 0 saturated heterocycles. The largest absolute Gasteiger partial charge is 0.309 e. The summed E-state index contributed by atoms with van der Waals surface area (Å²) < 4.78 is 2.43. The van der Waals surface area contributed by atoms with E-state index in [1.807, 2.05) is 0 Å². The molecule has 1 heterocycles. The van der Waals surface area contributed by atoms with Gasteiger partial charge in [-0.15, -0.1) is 0 Å². The Bertz CT molecular complexity index is 3420. The minimum atomic E-state index is -0.0359. The summed E-state index contributed by atoms with van der Waals surface area (Å²) >= 11 is 0. The van der Waals surface area contributed by atoms with Gasteiger partial charge in [-0.2, -0.15) is 0 Å². The van der Waals surface area contributed by atoms with Crippen LogP contribution in [0.4, 0.5) is 17.1 Å². The number of nitrogens with zero attached hydrogens (tertiary/aromatic N) is 2. The zero-order valence-corrected chi connectivity index (χ0v) is 40.6. The van der Waals surface area contributed by atoms with Crippen LogP contribution in [0.25, 0.3) is 71.6 Å². The Labute approximate surface area is 403 Å². The van der Waals surface area contributed by atoms with E-state index in [9.17, 15) is 0 Å². The number of fused-ring (bicyclic) bond motifs is 4. The van der Waals surface area contributed by atoms with E-state index in [-0.39, 0.29) is 10.8 Å². The Morgan fingerprint density at radius 2 is 0.897 bits per heavy atom. The number of hydrogen-bond acceptors (Lipinski definition) is 1. The Morgan fingerprint density at radius 1 is 0.412 bits per heavy atom. The standard InChI is InChI=1S/C66H62N2/c1-65(2,3)48-42-47(43-49(44-48)66(4,5)6)51-30-13-17-37-58(51)68(59-38-18-14-31-53(59)55-35-22-27-46-26-21-34-52(63(46)55)45-24-9-7-10-25-45)60-39-19-15-32-54(60)56-36-23-41-62-64(56)57-33-16-20-40-61(57)67(62)50-28-11-8-12-29-50/h8,11-23,26-45H,7,9-10,24-25H2,1-6H3. The van der Waals surface area contributed by atoms with Crippen LogP contribution in [0.3, 0.4) is 0 Å². The maximum atomic E-state index is 2.60. The van der Waals surface area contributed by atoms with Gasteiger partial charge in [0, 0.05) is 33.2 Å². The normalized spacial score (nSPS) is 13.7. The summed E-state index contributed by atoms with van der Waals surface area (Å²) in [6.45, 7) is 14.0. The van der Waals surface area contributed by atoms with Gasteiger partial charge < -0.3 is 9.47 Å². The maximum Gasteiger partial charge on any atom is 0.0547 e. The highest BCUT2D eigenvalue weighted by atomic mass is 15.2. The average molecular weight is 883 g/mol. The summed E-state index contributed by atoms with van der Waals surface area (Å²) in [6, 6.07) is 75.4. The number of benzene rings is 9. The van der Waals surface area contributed by atoms with Gasteiger partial charge in [-0.3, -0.25) is 0 Å². The van der Waals surface area contributed by atoms with Crippen molar-refractivity contribution in [2.75, 3.05) is 4.90 Å². The van der Waals surface area contributed by atoms with Crippen molar-refractivity contribution < 1.29 is 0 Å². The predicted molar refractivity (Wildman–Crippen MR) is 293 cm³/mol. The molecular formula is C66H62N2. The molecule has 1 aliphatic carbocycles. The van der Waals surface area contributed by atoms with E-state index in [0.717, 1.165) is 22.7 Å². The Kier molecular flexibility index (Phi) is 11.2. The van der Waals surface area contributed by atoms with Gasteiger partial charge in [0.05, 0.1) is 28.1 Å². The molecule has 1 saturated carbocycles. The molecule has 0 aliphatic heterocycles. The molecule has 0 amide bonds. The molecule has 0 spiro atoms. The van der Waals surface area contributed by atoms with E-state index in [1.165, 1.54) is 115 Å². The number of anilines is 3. The van der Waals surface area contributed by atoms with Crippen LogP contribution in [0, 0.1) is 0 Å². The molecule has 1 aliphatic rings. The molecule has 1 aromatic heterocycles. The fourth-order valence-electron chi connectivity index (χ4n) is 11.2. The van der Waals surface area contributed by atoms with Crippen molar-refractivity contribution in [3.8, 4) is 39.1 Å². The van der Waals surface area contributed by atoms with E-state index < -0.39 is 0 Å². The summed E-state index contributed by atoms with van der Waals surface area (Å²) in [5.41, 5.74) is 18.4. The average Bonchev–Trinajstić information content (AvgIpc) is 3.71. The van der Waals surface area contributed by atoms with E-state index in [1.54, 1.807) is 0 Å². The highest BCUT2D eigenvalue weighted by Gasteiger charge is 2.28. The topological polar surface area (TPSA) is 8.17 Å². The lowest BCUT2D eigenvalue weighted by molar-refractivity contribution is 0.445. The van der Waals surface area contributed by atoms with E-state index >= 15 is 0 Å². The molecule has 0 bridgehead atoms. The Morgan fingerprint density at radius 3 is 1.53 bits per heavy atom. The second-order valence-electron chi connectivity index (χ2n) is 21.2. The van der Waals surface area contributed by atoms with Crippen LogP contribution in [0.5, 0.6) is 0 Å². The monoisotopic (exact) mass is 882 g/mol. The fraction of sp³-hybridized carbons (Fsp3) is 0.212. The highest BCUT2D eigenvalue weighted by molar-refractivity contribution is 6.17. The van der Waals surface area contributed by atoms with Gasteiger partial charge in [-0.05, 0) is 116 Å². The highest BCUT2D eigenvalue weighted by Crippen LogP contribution is 2.51. The lowest BCUT2D eigenvalue weighted by atomic mass is 9.78. The van der Waals surface area contributed by atoms with Gasteiger partial charge >= 0.3 is 0 Å². The first kappa shape index (κ1) is 43.4. The zero-order chi connectivity index (χ0) is 46.6. The molecule has 0 radical (unpaired) electrons. The lowest BCUT2D eigenvalue weighted by Gasteiger charge is -2.33. The molecule has 2 nitrogen and oxygen atoms in total. The van der Waals surface area contributed by atoms with Crippen LogP contribution in [0.1, 0.15) is 96.3 Å². The summed E-state index contributed by atoms with van der Waals surface area (Å²) in [6.07, 6.45) is 6.43.